The third-order valence-corrected chi connectivity index (χ3v) is 4.35. The van der Waals surface area contributed by atoms with Crippen LogP contribution in [0, 0.1) is 0 Å². The molecule has 0 bridgehead atoms. The molecule has 0 aromatic heterocycles. The smallest absolute Gasteiger partial charge is 0.146 e. The van der Waals surface area contributed by atoms with Gasteiger partial charge in [-0.15, -0.1) is 0 Å². The van der Waals surface area contributed by atoms with Gasteiger partial charge in [-0.3, -0.25) is 9.59 Å². The number of ketones is 2. The van der Waals surface area contributed by atoms with Crippen LogP contribution in [0.15, 0.2) is 0 Å². The zero-order valence-corrected chi connectivity index (χ0v) is 15.1. The minimum absolute atomic E-state index is 0.0107. The molecule has 1 atom stereocenters. The quantitative estimate of drug-likeness (QED) is 0.415. The maximum atomic E-state index is 11.8. The lowest BCUT2D eigenvalue weighted by Crippen LogP contribution is -2.31. The van der Waals surface area contributed by atoms with Crippen LogP contribution in [0.2, 0.25) is 0 Å². The first-order valence-corrected chi connectivity index (χ1v) is 9.31. The third kappa shape index (κ3) is 13.0. The summed E-state index contributed by atoms with van der Waals surface area (Å²) in [5.41, 5.74) is 0. The molecule has 3 heteroatoms. The summed E-state index contributed by atoms with van der Waals surface area (Å²) in [4.78, 5) is 23.0. The lowest BCUT2D eigenvalue weighted by molar-refractivity contribution is -0.120. The number of rotatable bonds is 16. The SMILES string of the molecule is CCCCCCCCCC(=O)CCCCCC(NC)C(C)=O. The summed E-state index contributed by atoms with van der Waals surface area (Å²) in [6, 6.07) is -0.0107. The molecule has 3 nitrogen and oxygen atoms in total. The molecule has 0 fully saturated rings. The lowest BCUT2D eigenvalue weighted by Gasteiger charge is -2.11. The molecule has 0 rings (SSSR count). The fourth-order valence-corrected chi connectivity index (χ4v) is 2.80. The van der Waals surface area contributed by atoms with Gasteiger partial charge >= 0.3 is 0 Å². The van der Waals surface area contributed by atoms with Crippen molar-refractivity contribution >= 4 is 11.6 Å². The highest BCUT2D eigenvalue weighted by atomic mass is 16.1. The highest BCUT2D eigenvalue weighted by Gasteiger charge is 2.10. The highest BCUT2D eigenvalue weighted by molar-refractivity contribution is 5.81. The average Bonchev–Trinajstić information content (AvgIpc) is 2.49. The molecule has 1 N–H and O–H groups in total. The summed E-state index contributed by atoms with van der Waals surface area (Å²) in [5.74, 6) is 0.628. The van der Waals surface area contributed by atoms with Crippen LogP contribution in [-0.4, -0.2) is 24.7 Å². The van der Waals surface area contributed by atoms with Crippen molar-refractivity contribution in [3.05, 3.63) is 0 Å². The number of unbranched alkanes of at least 4 members (excludes halogenated alkanes) is 8. The molecule has 0 spiro atoms. The second-order valence-electron chi connectivity index (χ2n) is 6.46. The van der Waals surface area contributed by atoms with Crippen LogP contribution in [0.4, 0.5) is 0 Å². The van der Waals surface area contributed by atoms with Crippen LogP contribution in [0.5, 0.6) is 0 Å². The number of hydrogen-bond donors (Lipinski definition) is 1. The Morgan fingerprint density at radius 3 is 1.82 bits per heavy atom. The monoisotopic (exact) mass is 311 g/mol. The van der Waals surface area contributed by atoms with E-state index >= 15 is 0 Å². The fourth-order valence-electron chi connectivity index (χ4n) is 2.80. The van der Waals surface area contributed by atoms with Crippen LogP contribution in [0.3, 0.4) is 0 Å². The summed E-state index contributed by atoms with van der Waals surface area (Å²) < 4.78 is 0. The molecule has 0 radical (unpaired) electrons. The van der Waals surface area contributed by atoms with Crippen LogP contribution >= 0.6 is 0 Å². The number of Topliss-reactive ketones (excluding diaryl/α,β-unsaturated/α-hetero) is 2. The topological polar surface area (TPSA) is 46.2 Å². The van der Waals surface area contributed by atoms with E-state index in [0.717, 1.165) is 44.9 Å². The molecule has 0 aliphatic rings. The van der Waals surface area contributed by atoms with Crippen LogP contribution in [0.25, 0.3) is 0 Å². The molecule has 0 aliphatic heterocycles. The van der Waals surface area contributed by atoms with Crippen molar-refractivity contribution < 1.29 is 9.59 Å². The molecule has 0 aliphatic carbocycles. The Balaban J connectivity index is 3.37. The van der Waals surface area contributed by atoms with Crippen molar-refractivity contribution in [3.63, 3.8) is 0 Å². The van der Waals surface area contributed by atoms with Gasteiger partial charge < -0.3 is 5.32 Å². The van der Waals surface area contributed by atoms with E-state index in [2.05, 4.69) is 12.2 Å². The first-order chi connectivity index (χ1) is 10.6. The zero-order chi connectivity index (χ0) is 16.6. The summed E-state index contributed by atoms with van der Waals surface area (Å²) >= 11 is 0. The number of hydrogen-bond acceptors (Lipinski definition) is 3. The first kappa shape index (κ1) is 21.3. The third-order valence-electron chi connectivity index (χ3n) is 4.35. The second-order valence-corrected chi connectivity index (χ2v) is 6.46. The van der Waals surface area contributed by atoms with Gasteiger partial charge in [0, 0.05) is 12.8 Å². The maximum absolute atomic E-state index is 11.8. The molecule has 0 heterocycles. The average molecular weight is 312 g/mol. The normalized spacial score (nSPS) is 12.3. The van der Waals surface area contributed by atoms with Gasteiger partial charge in [0.05, 0.1) is 6.04 Å². The molecule has 1 unspecified atom stereocenters. The van der Waals surface area contributed by atoms with E-state index in [-0.39, 0.29) is 11.8 Å². The minimum Gasteiger partial charge on any atom is -0.311 e. The van der Waals surface area contributed by atoms with Crippen molar-refractivity contribution in [2.24, 2.45) is 0 Å². The minimum atomic E-state index is -0.0107. The van der Waals surface area contributed by atoms with E-state index in [1.165, 1.54) is 38.5 Å². The molecule has 0 saturated carbocycles. The van der Waals surface area contributed by atoms with E-state index < -0.39 is 0 Å². The van der Waals surface area contributed by atoms with Gasteiger partial charge in [0.2, 0.25) is 0 Å². The Bertz CT molecular complexity index is 289. The molecule has 0 saturated heterocycles. The number of nitrogens with one attached hydrogen (secondary N) is 1. The van der Waals surface area contributed by atoms with E-state index in [1.807, 2.05) is 7.05 Å². The van der Waals surface area contributed by atoms with Crippen molar-refractivity contribution in [1.29, 1.82) is 0 Å². The van der Waals surface area contributed by atoms with Crippen LogP contribution < -0.4 is 5.32 Å². The van der Waals surface area contributed by atoms with Gasteiger partial charge in [-0.05, 0) is 33.2 Å². The summed E-state index contributed by atoms with van der Waals surface area (Å²) in [6.45, 7) is 3.87. The van der Waals surface area contributed by atoms with Crippen LogP contribution in [-0.2, 0) is 9.59 Å². The standard InChI is InChI=1S/C19H37NO2/c1-4-5-6-7-8-9-11-14-18(22)15-12-10-13-16-19(20-3)17(2)21/h19-20H,4-16H2,1-3H3. The number of carbonyl (C=O) groups is 2. The second kappa shape index (κ2) is 15.2. The molecule has 0 amide bonds. The largest absolute Gasteiger partial charge is 0.311 e. The Morgan fingerprint density at radius 2 is 1.32 bits per heavy atom. The molecular weight excluding hydrogens is 274 g/mol. The Labute approximate surface area is 137 Å². The van der Waals surface area contributed by atoms with Gasteiger partial charge in [-0.2, -0.15) is 0 Å². The summed E-state index contributed by atoms with van der Waals surface area (Å²) in [6.07, 6.45) is 14.3. The summed E-state index contributed by atoms with van der Waals surface area (Å²) in [7, 11) is 1.83. The molecule has 0 aromatic carbocycles. The van der Waals surface area contributed by atoms with Gasteiger partial charge in [0.15, 0.2) is 0 Å². The molecular formula is C19H37NO2. The molecule has 0 aromatic rings. The fraction of sp³-hybridized carbons (Fsp3) is 0.895. The molecule has 22 heavy (non-hydrogen) atoms. The van der Waals surface area contributed by atoms with Crippen molar-refractivity contribution in [1.82, 2.24) is 5.32 Å². The van der Waals surface area contributed by atoms with E-state index in [9.17, 15) is 9.59 Å². The summed E-state index contributed by atoms with van der Waals surface area (Å²) in [5, 5.41) is 3.04. The Morgan fingerprint density at radius 1 is 0.818 bits per heavy atom. The number of likely N-dealkylation sites (N-methyl/N-ethyl adjacent to an activating group) is 1. The predicted molar refractivity (Wildman–Crippen MR) is 94.2 cm³/mol. The van der Waals surface area contributed by atoms with Gasteiger partial charge in [0.25, 0.3) is 0 Å². The lowest BCUT2D eigenvalue weighted by atomic mass is 10.0. The van der Waals surface area contributed by atoms with E-state index in [4.69, 9.17) is 0 Å². The molecule has 130 valence electrons. The van der Waals surface area contributed by atoms with Crippen molar-refractivity contribution in [2.45, 2.75) is 103 Å². The maximum Gasteiger partial charge on any atom is 0.146 e. The van der Waals surface area contributed by atoms with Gasteiger partial charge in [0.1, 0.15) is 11.6 Å². The zero-order valence-electron chi connectivity index (χ0n) is 15.1. The predicted octanol–water partition coefficient (Wildman–Crippen LogP) is 4.82. The number of carbonyl (C=O) groups excluding carboxylic acids is 2. The van der Waals surface area contributed by atoms with Crippen molar-refractivity contribution in [3.8, 4) is 0 Å². The first-order valence-electron chi connectivity index (χ1n) is 9.31. The van der Waals surface area contributed by atoms with Gasteiger partial charge in [-0.1, -0.05) is 58.3 Å². The van der Waals surface area contributed by atoms with Gasteiger partial charge in [-0.25, -0.2) is 0 Å². The van der Waals surface area contributed by atoms with E-state index in [1.54, 1.807) is 6.92 Å². The van der Waals surface area contributed by atoms with Crippen molar-refractivity contribution in [2.75, 3.05) is 7.05 Å². The van der Waals surface area contributed by atoms with Crippen LogP contribution in [0.1, 0.15) is 97.3 Å². The van der Waals surface area contributed by atoms with E-state index in [0.29, 0.717) is 5.78 Å². The Kier molecular flexibility index (Phi) is 14.7. The highest BCUT2D eigenvalue weighted by Crippen LogP contribution is 2.11. The Hall–Kier alpha value is -0.700.